The van der Waals surface area contributed by atoms with Gasteiger partial charge in [0.1, 0.15) is 6.04 Å². The molecule has 0 aliphatic rings. The molecule has 0 aliphatic heterocycles. The first-order valence-corrected chi connectivity index (χ1v) is 5.84. The molecule has 3 heteroatoms. The van der Waals surface area contributed by atoms with Crippen LogP contribution in [0.4, 0.5) is 0 Å². The summed E-state index contributed by atoms with van der Waals surface area (Å²) in [5.41, 5.74) is 1.25. The van der Waals surface area contributed by atoms with Crippen LogP contribution in [0.15, 0.2) is 30.3 Å². The number of hydrogen-bond acceptors (Lipinski definition) is 2. The van der Waals surface area contributed by atoms with Crippen molar-refractivity contribution in [2.45, 2.75) is 32.2 Å². The zero-order valence-electron chi connectivity index (χ0n) is 10.4. The van der Waals surface area contributed by atoms with Crippen molar-refractivity contribution in [2.24, 2.45) is 0 Å². The topological polar surface area (TPSA) is 44.1 Å². The lowest BCUT2D eigenvalue weighted by atomic mass is 10.1. The van der Waals surface area contributed by atoms with Gasteiger partial charge in [0.2, 0.25) is 5.91 Å². The van der Waals surface area contributed by atoms with Crippen LogP contribution in [0.25, 0.3) is 0 Å². The summed E-state index contributed by atoms with van der Waals surface area (Å²) in [7, 11) is 1.68. The van der Waals surface area contributed by atoms with Crippen LogP contribution >= 0.6 is 0 Å². The van der Waals surface area contributed by atoms with E-state index in [-0.39, 0.29) is 11.9 Å². The van der Waals surface area contributed by atoms with Crippen LogP contribution in [-0.2, 0) is 11.2 Å². The number of carbonyl (C=O) groups is 1. The summed E-state index contributed by atoms with van der Waals surface area (Å²) in [6, 6.07) is 11.8. The van der Waals surface area contributed by atoms with Gasteiger partial charge in [0, 0.05) is 13.5 Å². The van der Waals surface area contributed by atoms with Crippen molar-refractivity contribution in [3.05, 3.63) is 35.9 Å². The van der Waals surface area contributed by atoms with Crippen LogP contribution in [0.5, 0.6) is 0 Å². The summed E-state index contributed by atoms with van der Waals surface area (Å²) in [6.45, 7) is 1.73. The van der Waals surface area contributed by atoms with E-state index in [0.717, 1.165) is 12.8 Å². The second-order valence-corrected chi connectivity index (χ2v) is 4.15. The lowest BCUT2D eigenvalue weighted by Gasteiger charge is -2.19. The molecule has 0 aliphatic carbocycles. The minimum absolute atomic E-state index is 0.0370. The van der Waals surface area contributed by atoms with Crippen LogP contribution in [0.3, 0.4) is 0 Å². The van der Waals surface area contributed by atoms with E-state index in [1.165, 1.54) is 10.5 Å². The van der Waals surface area contributed by atoms with Crippen LogP contribution < -0.4 is 0 Å². The highest BCUT2D eigenvalue weighted by Crippen LogP contribution is 2.06. The Kier molecular flexibility index (Phi) is 5.22. The van der Waals surface area contributed by atoms with E-state index in [4.69, 9.17) is 5.26 Å². The summed E-state index contributed by atoms with van der Waals surface area (Å²) < 4.78 is 0. The standard InChI is InChI=1S/C14H18N2O/c1-12(11-15)16(2)14(17)10-6-9-13-7-4-3-5-8-13/h3-5,7-8,12H,6,9-10H2,1-2H3. The molecular formula is C14H18N2O. The number of rotatable bonds is 5. The fourth-order valence-corrected chi connectivity index (χ4v) is 1.57. The molecule has 17 heavy (non-hydrogen) atoms. The van der Waals surface area contributed by atoms with E-state index >= 15 is 0 Å². The lowest BCUT2D eigenvalue weighted by Crippen LogP contribution is -2.33. The van der Waals surface area contributed by atoms with Crippen molar-refractivity contribution in [2.75, 3.05) is 7.05 Å². The average molecular weight is 230 g/mol. The maximum Gasteiger partial charge on any atom is 0.223 e. The molecule has 1 aromatic carbocycles. The molecule has 0 radical (unpaired) electrons. The molecule has 1 rings (SSSR count). The molecule has 0 saturated heterocycles. The van der Waals surface area contributed by atoms with Gasteiger partial charge in [-0.3, -0.25) is 4.79 Å². The smallest absolute Gasteiger partial charge is 0.223 e. The zero-order valence-corrected chi connectivity index (χ0v) is 10.4. The monoisotopic (exact) mass is 230 g/mol. The molecule has 1 atom stereocenters. The van der Waals surface area contributed by atoms with Crippen molar-refractivity contribution in [3.8, 4) is 6.07 Å². The fraction of sp³-hybridized carbons (Fsp3) is 0.429. The first kappa shape index (κ1) is 13.2. The van der Waals surface area contributed by atoms with E-state index in [2.05, 4.69) is 18.2 Å². The van der Waals surface area contributed by atoms with Gasteiger partial charge in [-0.2, -0.15) is 5.26 Å². The van der Waals surface area contributed by atoms with Crippen molar-refractivity contribution in [1.29, 1.82) is 5.26 Å². The largest absolute Gasteiger partial charge is 0.330 e. The third kappa shape index (κ3) is 4.28. The minimum atomic E-state index is -0.348. The molecule has 1 aromatic rings. The molecule has 0 saturated carbocycles. The van der Waals surface area contributed by atoms with Crippen molar-refractivity contribution >= 4 is 5.91 Å². The normalized spacial score (nSPS) is 11.6. The maximum absolute atomic E-state index is 11.7. The number of carbonyl (C=O) groups excluding carboxylic acids is 1. The average Bonchev–Trinajstić information content (AvgIpc) is 2.38. The molecule has 3 nitrogen and oxygen atoms in total. The third-order valence-corrected chi connectivity index (χ3v) is 2.86. The summed E-state index contributed by atoms with van der Waals surface area (Å²) in [6.07, 6.45) is 2.23. The molecule has 1 amide bonds. The molecule has 0 spiro atoms. The quantitative estimate of drug-likeness (QED) is 0.779. The van der Waals surface area contributed by atoms with E-state index in [0.29, 0.717) is 6.42 Å². The van der Waals surface area contributed by atoms with Gasteiger partial charge in [0.25, 0.3) is 0 Å². The summed E-state index contributed by atoms with van der Waals surface area (Å²) in [5, 5.41) is 8.71. The van der Waals surface area contributed by atoms with E-state index in [9.17, 15) is 4.79 Å². The summed E-state index contributed by atoms with van der Waals surface area (Å²) in [5.74, 6) is 0.0370. The van der Waals surface area contributed by atoms with Gasteiger partial charge in [-0.1, -0.05) is 30.3 Å². The van der Waals surface area contributed by atoms with E-state index in [1.807, 2.05) is 18.2 Å². The Morgan fingerprint density at radius 1 is 1.41 bits per heavy atom. The van der Waals surface area contributed by atoms with Gasteiger partial charge >= 0.3 is 0 Å². The predicted molar refractivity (Wildman–Crippen MR) is 67.2 cm³/mol. The molecule has 0 aromatic heterocycles. The Bertz CT molecular complexity index is 394. The van der Waals surface area contributed by atoms with Crippen molar-refractivity contribution < 1.29 is 4.79 Å². The van der Waals surface area contributed by atoms with Crippen LogP contribution in [0, 0.1) is 11.3 Å². The number of aryl methyl sites for hydroxylation is 1. The van der Waals surface area contributed by atoms with Crippen LogP contribution in [0.2, 0.25) is 0 Å². The Morgan fingerprint density at radius 2 is 2.06 bits per heavy atom. The Labute approximate surface area is 103 Å². The number of benzene rings is 1. The van der Waals surface area contributed by atoms with E-state index in [1.54, 1.807) is 14.0 Å². The highest BCUT2D eigenvalue weighted by atomic mass is 16.2. The second kappa shape index (κ2) is 6.70. The highest BCUT2D eigenvalue weighted by molar-refractivity contribution is 5.76. The molecular weight excluding hydrogens is 212 g/mol. The Hall–Kier alpha value is -1.82. The van der Waals surface area contributed by atoms with Gasteiger partial charge in [-0.15, -0.1) is 0 Å². The predicted octanol–water partition coefficient (Wildman–Crippen LogP) is 2.38. The second-order valence-electron chi connectivity index (χ2n) is 4.15. The molecule has 0 heterocycles. The van der Waals surface area contributed by atoms with Crippen LogP contribution in [0.1, 0.15) is 25.3 Å². The first-order chi connectivity index (χ1) is 8.15. The fourth-order valence-electron chi connectivity index (χ4n) is 1.57. The van der Waals surface area contributed by atoms with Gasteiger partial charge < -0.3 is 4.90 Å². The Morgan fingerprint density at radius 3 is 2.65 bits per heavy atom. The summed E-state index contributed by atoms with van der Waals surface area (Å²) >= 11 is 0. The first-order valence-electron chi connectivity index (χ1n) is 5.84. The van der Waals surface area contributed by atoms with Gasteiger partial charge in [0.05, 0.1) is 6.07 Å². The van der Waals surface area contributed by atoms with Gasteiger partial charge in [0.15, 0.2) is 0 Å². The summed E-state index contributed by atoms with van der Waals surface area (Å²) in [4.78, 5) is 13.2. The van der Waals surface area contributed by atoms with Gasteiger partial charge in [-0.05, 0) is 25.3 Å². The van der Waals surface area contributed by atoms with Crippen LogP contribution in [-0.4, -0.2) is 23.9 Å². The molecule has 1 unspecified atom stereocenters. The SMILES string of the molecule is CC(C#N)N(C)C(=O)CCCc1ccccc1. The third-order valence-electron chi connectivity index (χ3n) is 2.86. The zero-order chi connectivity index (χ0) is 12.7. The van der Waals surface area contributed by atoms with E-state index < -0.39 is 0 Å². The Balaban J connectivity index is 2.32. The van der Waals surface area contributed by atoms with Crippen molar-refractivity contribution in [1.82, 2.24) is 4.90 Å². The molecule has 0 fully saturated rings. The lowest BCUT2D eigenvalue weighted by molar-refractivity contribution is -0.130. The minimum Gasteiger partial charge on any atom is -0.330 e. The number of nitriles is 1. The molecule has 90 valence electrons. The van der Waals surface area contributed by atoms with Gasteiger partial charge in [-0.25, -0.2) is 0 Å². The van der Waals surface area contributed by atoms with Crippen molar-refractivity contribution in [3.63, 3.8) is 0 Å². The number of amides is 1. The molecule has 0 bridgehead atoms. The highest BCUT2D eigenvalue weighted by Gasteiger charge is 2.13. The maximum atomic E-state index is 11.7. The molecule has 0 N–H and O–H groups in total. The number of nitrogens with zero attached hydrogens (tertiary/aromatic N) is 2. The number of hydrogen-bond donors (Lipinski definition) is 0.